The number of anilines is 1. The van der Waals surface area contributed by atoms with Crippen LogP contribution in [-0.4, -0.2) is 32.8 Å². The Bertz CT molecular complexity index is 918. The maximum absolute atomic E-state index is 12.9. The van der Waals surface area contributed by atoms with Gasteiger partial charge in [-0.3, -0.25) is 14.3 Å². The van der Waals surface area contributed by atoms with Gasteiger partial charge in [0.1, 0.15) is 5.52 Å². The Balaban J connectivity index is 2.40. The van der Waals surface area contributed by atoms with Crippen molar-refractivity contribution in [3.63, 3.8) is 0 Å². The quantitative estimate of drug-likeness (QED) is 0.703. The summed E-state index contributed by atoms with van der Waals surface area (Å²) in [6.07, 6.45) is 1.69. The summed E-state index contributed by atoms with van der Waals surface area (Å²) in [4.78, 5) is 22.2. The predicted molar refractivity (Wildman–Crippen MR) is 91.9 cm³/mol. The highest BCUT2D eigenvalue weighted by Crippen LogP contribution is 2.24. The number of rotatable bonds is 5. The summed E-state index contributed by atoms with van der Waals surface area (Å²) in [7, 11) is 1.68. The minimum Gasteiger partial charge on any atom is -0.395 e. The number of para-hydroxylation sites is 1. The number of pyridine rings is 1. The molecule has 6 heteroatoms. The summed E-state index contributed by atoms with van der Waals surface area (Å²) in [5.41, 5.74) is 2.20. The van der Waals surface area contributed by atoms with Crippen LogP contribution in [0.1, 0.15) is 19.0 Å². The molecule has 2 N–H and O–H groups in total. The van der Waals surface area contributed by atoms with Crippen molar-refractivity contribution in [1.29, 1.82) is 0 Å². The van der Waals surface area contributed by atoms with Gasteiger partial charge in [0, 0.05) is 19.0 Å². The SMILES string of the molecule is CCCc1nc2ccccc2c2c(=O)n(C)c(NCCO)nc12. The van der Waals surface area contributed by atoms with E-state index in [-0.39, 0.29) is 12.2 Å². The van der Waals surface area contributed by atoms with Crippen LogP contribution in [0.2, 0.25) is 0 Å². The van der Waals surface area contributed by atoms with Crippen LogP contribution < -0.4 is 10.9 Å². The maximum Gasteiger partial charge on any atom is 0.263 e. The van der Waals surface area contributed by atoms with E-state index < -0.39 is 0 Å². The minimum atomic E-state index is -0.105. The zero-order valence-corrected chi connectivity index (χ0v) is 13.3. The first kappa shape index (κ1) is 15.4. The number of nitrogens with zero attached hydrogens (tertiary/aromatic N) is 3. The van der Waals surface area contributed by atoms with E-state index in [4.69, 9.17) is 10.1 Å². The first-order chi connectivity index (χ1) is 11.2. The monoisotopic (exact) mass is 312 g/mol. The average Bonchev–Trinajstić information content (AvgIpc) is 2.56. The Morgan fingerprint density at radius 2 is 2.04 bits per heavy atom. The van der Waals surface area contributed by atoms with Gasteiger partial charge >= 0.3 is 0 Å². The number of hydrogen-bond acceptors (Lipinski definition) is 5. The molecule has 1 aromatic carbocycles. The minimum absolute atomic E-state index is 0.0221. The van der Waals surface area contributed by atoms with Crippen LogP contribution in [0.4, 0.5) is 5.95 Å². The Hall–Kier alpha value is -2.47. The van der Waals surface area contributed by atoms with E-state index >= 15 is 0 Å². The molecule has 2 aromatic heterocycles. The van der Waals surface area contributed by atoms with Crippen molar-refractivity contribution in [3.8, 4) is 0 Å². The summed E-state index contributed by atoms with van der Waals surface area (Å²) in [6, 6.07) is 7.65. The van der Waals surface area contributed by atoms with E-state index in [9.17, 15) is 4.79 Å². The maximum atomic E-state index is 12.9. The molecule has 0 fully saturated rings. The third kappa shape index (κ3) is 2.66. The fourth-order valence-electron chi connectivity index (χ4n) is 2.77. The molecule has 0 amide bonds. The predicted octanol–water partition coefficient (Wildman–Crippen LogP) is 1.84. The van der Waals surface area contributed by atoms with Crippen molar-refractivity contribution in [1.82, 2.24) is 14.5 Å². The smallest absolute Gasteiger partial charge is 0.263 e. The van der Waals surface area contributed by atoms with Gasteiger partial charge in [-0.15, -0.1) is 0 Å². The highest BCUT2D eigenvalue weighted by atomic mass is 16.3. The molecule has 3 rings (SSSR count). The lowest BCUT2D eigenvalue weighted by molar-refractivity contribution is 0.310. The molecular formula is C17H20N4O2. The molecule has 120 valence electrons. The summed E-state index contributed by atoms with van der Waals surface area (Å²) < 4.78 is 1.49. The second-order valence-corrected chi connectivity index (χ2v) is 5.50. The largest absolute Gasteiger partial charge is 0.395 e. The molecule has 0 saturated carbocycles. The van der Waals surface area contributed by atoms with E-state index in [1.807, 2.05) is 24.3 Å². The lowest BCUT2D eigenvalue weighted by Crippen LogP contribution is -2.24. The highest BCUT2D eigenvalue weighted by molar-refractivity contribution is 6.04. The van der Waals surface area contributed by atoms with Crippen LogP contribution in [0.25, 0.3) is 21.8 Å². The summed E-state index contributed by atoms with van der Waals surface area (Å²) in [6.45, 7) is 2.40. The van der Waals surface area contributed by atoms with Crippen molar-refractivity contribution in [2.75, 3.05) is 18.5 Å². The number of nitrogens with one attached hydrogen (secondary N) is 1. The van der Waals surface area contributed by atoms with Crippen LogP contribution >= 0.6 is 0 Å². The van der Waals surface area contributed by atoms with E-state index in [0.29, 0.717) is 23.4 Å². The van der Waals surface area contributed by atoms with Gasteiger partial charge in [0.25, 0.3) is 5.56 Å². The van der Waals surface area contributed by atoms with Crippen molar-refractivity contribution >= 4 is 27.8 Å². The summed E-state index contributed by atoms with van der Waals surface area (Å²) in [5.74, 6) is 0.450. The summed E-state index contributed by atoms with van der Waals surface area (Å²) >= 11 is 0. The van der Waals surface area contributed by atoms with Crippen molar-refractivity contribution in [2.45, 2.75) is 19.8 Å². The van der Waals surface area contributed by atoms with Gasteiger partial charge in [0.15, 0.2) is 0 Å². The molecule has 0 aliphatic rings. The van der Waals surface area contributed by atoms with Crippen LogP contribution in [0.15, 0.2) is 29.1 Å². The topological polar surface area (TPSA) is 80.0 Å². The molecule has 0 aliphatic carbocycles. The first-order valence-corrected chi connectivity index (χ1v) is 7.80. The number of aryl methyl sites for hydroxylation is 1. The molecule has 0 saturated heterocycles. The van der Waals surface area contributed by atoms with Gasteiger partial charge in [-0.1, -0.05) is 31.5 Å². The lowest BCUT2D eigenvalue weighted by atomic mass is 10.1. The van der Waals surface area contributed by atoms with Gasteiger partial charge in [0.05, 0.1) is 23.2 Å². The van der Waals surface area contributed by atoms with E-state index in [1.54, 1.807) is 7.05 Å². The van der Waals surface area contributed by atoms with Crippen LogP contribution in [0.3, 0.4) is 0 Å². The average molecular weight is 312 g/mol. The third-order valence-electron chi connectivity index (χ3n) is 3.87. The molecule has 23 heavy (non-hydrogen) atoms. The second-order valence-electron chi connectivity index (χ2n) is 5.50. The zero-order chi connectivity index (χ0) is 16.4. The van der Waals surface area contributed by atoms with E-state index in [0.717, 1.165) is 29.4 Å². The number of fused-ring (bicyclic) bond motifs is 3. The van der Waals surface area contributed by atoms with Crippen LogP contribution in [0, 0.1) is 0 Å². The van der Waals surface area contributed by atoms with Gasteiger partial charge < -0.3 is 10.4 Å². The van der Waals surface area contributed by atoms with Crippen molar-refractivity contribution < 1.29 is 5.11 Å². The third-order valence-corrected chi connectivity index (χ3v) is 3.87. The fourth-order valence-corrected chi connectivity index (χ4v) is 2.77. The van der Waals surface area contributed by atoms with Crippen LogP contribution in [-0.2, 0) is 13.5 Å². The molecule has 0 bridgehead atoms. The number of benzene rings is 1. The fraction of sp³-hybridized carbons (Fsp3) is 0.353. The molecule has 0 unspecified atom stereocenters. The Morgan fingerprint density at radius 3 is 2.78 bits per heavy atom. The number of aromatic nitrogens is 3. The molecular weight excluding hydrogens is 292 g/mol. The van der Waals surface area contributed by atoms with Gasteiger partial charge in [-0.05, 0) is 12.5 Å². The molecule has 6 nitrogen and oxygen atoms in total. The Labute approximate surface area is 133 Å². The van der Waals surface area contributed by atoms with Crippen molar-refractivity contribution in [3.05, 3.63) is 40.3 Å². The second kappa shape index (κ2) is 6.34. The van der Waals surface area contributed by atoms with Gasteiger partial charge in [-0.25, -0.2) is 4.98 Å². The Morgan fingerprint density at radius 1 is 1.26 bits per heavy atom. The molecule has 3 aromatic rings. The lowest BCUT2D eigenvalue weighted by Gasteiger charge is -2.13. The molecule has 2 heterocycles. The number of aliphatic hydroxyl groups is 1. The summed E-state index contributed by atoms with van der Waals surface area (Å²) in [5, 5.41) is 13.4. The zero-order valence-electron chi connectivity index (χ0n) is 13.3. The van der Waals surface area contributed by atoms with Crippen LogP contribution in [0.5, 0.6) is 0 Å². The number of hydrogen-bond donors (Lipinski definition) is 2. The van der Waals surface area contributed by atoms with Gasteiger partial charge in [-0.2, -0.15) is 0 Å². The van der Waals surface area contributed by atoms with Gasteiger partial charge in [0.2, 0.25) is 5.95 Å². The van der Waals surface area contributed by atoms with E-state index in [1.165, 1.54) is 4.57 Å². The van der Waals surface area contributed by atoms with Crippen molar-refractivity contribution in [2.24, 2.45) is 7.05 Å². The highest BCUT2D eigenvalue weighted by Gasteiger charge is 2.15. The number of aliphatic hydroxyl groups excluding tert-OH is 1. The van der Waals surface area contributed by atoms with E-state index in [2.05, 4.69) is 17.2 Å². The molecule has 0 radical (unpaired) electrons. The first-order valence-electron chi connectivity index (χ1n) is 7.80. The standard InChI is InChI=1S/C17H20N4O2/c1-3-6-13-15-14(11-7-4-5-8-12(11)19-13)16(23)21(2)17(20-15)18-9-10-22/h4-5,7-8,22H,3,6,9-10H2,1-2H3,(H,18,20). The molecule has 0 aliphatic heterocycles. The normalized spacial score (nSPS) is 11.3. The molecule has 0 atom stereocenters. The Kier molecular flexibility index (Phi) is 4.25. The molecule has 0 spiro atoms.